The van der Waals surface area contributed by atoms with E-state index in [-0.39, 0.29) is 5.54 Å². The molecular formula is C19H32N4O3S. The van der Waals surface area contributed by atoms with Gasteiger partial charge in [0.25, 0.3) is 0 Å². The van der Waals surface area contributed by atoms with Crippen LogP contribution in [0, 0.1) is 6.92 Å². The fourth-order valence-corrected chi connectivity index (χ4v) is 4.38. The molecule has 0 radical (unpaired) electrons. The molecule has 27 heavy (non-hydrogen) atoms. The Balaban J connectivity index is 1.97. The van der Waals surface area contributed by atoms with Crippen LogP contribution in [0.4, 0.5) is 0 Å². The summed E-state index contributed by atoms with van der Waals surface area (Å²) in [6.07, 6.45) is 3.20. The molecule has 0 saturated carbocycles. The smallest absolute Gasteiger partial charge is 0.191 e. The number of aliphatic imine (C=N–C) groups is 1. The van der Waals surface area contributed by atoms with Crippen molar-refractivity contribution < 1.29 is 13.2 Å². The van der Waals surface area contributed by atoms with E-state index in [9.17, 15) is 8.42 Å². The first-order valence-electron chi connectivity index (χ1n) is 9.17. The molecule has 2 rings (SSSR count). The molecule has 0 atom stereocenters. The van der Waals surface area contributed by atoms with Crippen LogP contribution in [0.1, 0.15) is 24.0 Å². The lowest BCUT2D eigenvalue weighted by Gasteiger charge is -2.43. The Morgan fingerprint density at radius 3 is 2.44 bits per heavy atom. The van der Waals surface area contributed by atoms with Crippen LogP contribution in [0.3, 0.4) is 0 Å². The van der Waals surface area contributed by atoms with E-state index in [1.54, 1.807) is 13.1 Å². The molecule has 0 amide bonds. The highest BCUT2D eigenvalue weighted by Crippen LogP contribution is 2.25. The fraction of sp³-hybridized carbons (Fsp3) is 0.632. The molecule has 1 aliphatic rings. The lowest BCUT2D eigenvalue weighted by Crippen LogP contribution is -2.57. The Bertz CT molecular complexity index is 769. The van der Waals surface area contributed by atoms with Crippen LogP contribution in [0.25, 0.3) is 0 Å². The maximum atomic E-state index is 11.7. The molecule has 8 heteroatoms. The zero-order chi connectivity index (χ0) is 20.1. The molecule has 1 aliphatic heterocycles. The van der Waals surface area contributed by atoms with Gasteiger partial charge in [-0.2, -0.15) is 0 Å². The van der Waals surface area contributed by atoms with Gasteiger partial charge in [0.1, 0.15) is 0 Å². The van der Waals surface area contributed by atoms with Gasteiger partial charge in [0.15, 0.2) is 15.8 Å². The number of nitrogens with zero attached hydrogens (tertiary/aromatic N) is 2. The third-order valence-electron chi connectivity index (χ3n) is 5.28. The number of hydrogen-bond acceptors (Lipinski definition) is 5. The minimum absolute atomic E-state index is 0.0591. The maximum absolute atomic E-state index is 11.7. The number of rotatable bonds is 6. The molecule has 1 saturated heterocycles. The van der Waals surface area contributed by atoms with Gasteiger partial charge in [-0.15, -0.1) is 0 Å². The van der Waals surface area contributed by atoms with Crippen LogP contribution < -0.4 is 10.6 Å². The van der Waals surface area contributed by atoms with Crippen molar-refractivity contribution in [1.29, 1.82) is 0 Å². The quantitative estimate of drug-likeness (QED) is 0.555. The predicted molar refractivity (Wildman–Crippen MR) is 109 cm³/mol. The van der Waals surface area contributed by atoms with Crippen molar-refractivity contribution in [1.82, 2.24) is 15.5 Å². The van der Waals surface area contributed by atoms with E-state index in [0.717, 1.165) is 49.7 Å². The van der Waals surface area contributed by atoms with Gasteiger partial charge in [0.05, 0.1) is 4.90 Å². The summed E-state index contributed by atoms with van der Waals surface area (Å²) in [4.78, 5) is 6.95. The standard InChI is InChI=1S/C19H32N4O3S/c1-15-12-16(6-7-17(15)27(5,24)25)13-21-18(20-2)22-14-19(23(3)4)8-10-26-11-9-19/h6-7,12H,8-11,13-14H2,1-5H3,(H2,20,21,22). The minimum Gasteiger partial charge on any atom is -0.381 e. The number of likely N-dealkylation sites (N-methyl/N-ethyl adjacent to an activating group) is 1. The molecular weight excluding hydrogens is 364 g/mol. The third-order valence-corrected chi connectivity index (χ3v) is 6.54. The molecule has 2 N–H and O–H groups in total. The molecule has 1 aromatic rings. The number of sulfone groups is 1. The van der Waals surface area contributed by atoms with Gasteiger partial charge < -0.3 is 20.3 Å². The molecule has 7 nitrogen and oxygen atoms in total. The summed E-state index contributed by atoms with van der Waals surface area (Å²) in [5.74, 6) is 0.729. The summed E-state index contributed by atoms with van der Waals surface area (Å²) < 4.78 is 29.0. The molecule has 1 heterocycles. The second-order valence-corrected chi connectivity index (χ2v) is 9.37. The van der Waals surface area contributed by atoms with Crippen LogP contribution in [0.5, 0.6) is 0 Å². The second-order valence-electron chi connectivity index (χ2n) is 7.38. The highest BCUT2D eigenvalue weighted by Gasteiger charge is 2.34. The van der Waals surface area contributed by atoms with Gasteiger partial charge >= 0.3 is 0 Å². The molecule has 0 aromatic heterocycles. The van der Waals surface area contributed by atoms with Crippen molar-refractivity contribution in [3.63, 3.8) is 0 Å². The number of benzene rings is 1. The Morgan fingerprint density at radius 1 is 1.26 bits per heavy atom. The van der Waals surface area contributed by atoms with E-state index in [2.05, 4.69) is 34.6 Å². The molecule has 152 valence electrons. The average Bonchev–Trinajstić information content (AvgIpc) is 2.61. The minimum atomic E-state index is -3.19. The van der Waals surface area contributed by atoms with E-state index in [0.29, 0.717) is 11.4 Å². The monoisotopic (exact) mass is 396 g/mol. The average molecular weight is 397 g/mol. The third kappa shape index (κ3) is 5.67. The molecule has 0 unspecified atom stereocenters. The van der Waals surface area contributed by atoms with Crippen molar-refractivity contribution in [3.8, 4) is 0 Å². The normalized spacial score (nSPS) is 17.8. The molecule has 0 spiro atoms. The predicted octanol–water partition coefficient (Wildman–Crippen LogP) is 1.17. The number of ether oxygens (including phenoxy) is 1. The molecule has 0 bridgehead atoms. The van der Waals surface area contributed by atoms with Crippen molar-refractivity contribution in [2.75, 3.05) is 47.2 Å². The SMILES string of the molecule is CN=C(NCc1ccc(S(C)(=O)=O)c(C)c1)NCC1(N(C)C)CCOCC1. The van der Waals surface area contributed by atoms with Crippen molar-refractivity contribution >= 4 is 15.8 Å². The van der Waals surface area contributed by atoms with E-state index in [1.165, 1.54) is 6.26 Å². The lowest BCUT2D eigenvalue weighted by atomic mass is 9.88. The summed E-state index contributed by atoms with van der Waals surface area (Å²) >= 11 is 0. The van der Waals surface area contributed by atoms with Gasteiger partial charge in [-0.3, -0.25) is 4.99 Å². The summed E-state index contributed by atoms with van der Waals surface area (Å²) in [6.45, 7) is 4.73. The maximum Gasteiger partial charge on any atom is 0.191 e. The van der Waals surface area contributed by atoms with E-state index in [4.69, 9.17) is 4.74 Å². The van der Waals surface area contributed by atoms with Gasteiger partial charge in [-0.25, -0.2) is 8.42 Å². The summed E-state index contributed by atoms with van der Waals surface area (Å²) in [5.41, 5.74) is 1.83. The van der Waals surface area contributed by atoms with E-state index in [1.807, 2.05) is 19.1 Å². The zero-order valence-electron chi connectivity index (χ0n) is 17.0. The largest absolute Gasteiger partial charge is 0.381 e. The van der Waals surface area contributed by atoms with Crippen molar-refractivity contribution in [2.45, 2.75) is 36.7 Å². The first kappa shape index (κ1) is 21.7. The summed E-state index contributed by atoms with van der Waals surface area (Å²) in [6, 6.07) is 5.40. The lowest BCUT2D eigenvalue weighted by molar-refractivity contribution is -0.00501. The highest BCUT2D eigenvalue weighted by atomic mass is 32.2. The van der Waals surface area contributed by atoms with E-state index >= 15 is 0 Å². The molecule has 1 aromatic carbocycles. The zero-order valence-corrected chi connectivity index (χ0v) is 17.8. The highest BCUT2D eigenvalue weighted by molar-refractivity contribution is 7.90. The second kappa shape index (κ2) is 9.03. The van der Waals surface area contributed by atoms with Gasteiger partial charge in [-0.1, -0.05) is 12.1 Å². The van der Waals surface area contributed by atoms with Crippen LogP contribution in [0.15, 0.2) is 28.1 Å². The first-order valence-corrected chi connectivity index (χ1v) is 11.1. The summed E-state index contributed by atoms with van der Waals surface area (Å²) in [7, 11) is 2.77. The van der Waals surface area contributed by atoms with Crippen LogP contribution in [-0.2, 0) is 21.1 Å². The Hall–Kier alpha value is -1.64. The van der Waals surface area contributed by atoms with Gasteiger partial charge in [0.2, 0.25) is 0 Å². The Morgan fingerprint density at radius 2 is 1.93 bits per heavy atom. The van der Waals surface area contributed by atoms with Gasteiger partial charge in [-0.05, 0) is 51.1 Å². The van der Waals surface area contributed by atoms with Crippen molar-refractivity contribution in [3.05, 3.63) is 29.3 Å². The number of guanidine groups is 1. The van der Waals surface area contributed by atoms with E-state index < -0.39 is 9.84 Å². The molecule has 0 aliphatic carbocycles. The fourth-order valence-electron chi connectivity index (χ4n) is 3.43. The van der Waals surface area contributed by atoms with Crippen LogP contribution >= 0.6 is 0 Å². The Kier molecular flexibility index (Phi) is 7.25. The Labute approximate surface area is 163 Å². The number of hydrogen-bond donors (Lipinski definition) is 2. The summed E-state index contributed by atoms with van der Waals surface area (Å²) in [5, 5.41) is 6.73. The van der Waals surface area contributed by atoms with Crippen molar-refractivity contribution in [2.24, 2.45) is 4.99 Å². The topological polar surface area (TPSA) is 83.0 Å². The number of aryl methyl sites for hydroxylation is 1. The van der Waals surface area contributed by atoms with Gasteiger partial charge in [0, 0.05) is 45.1 Å². The molecule has 1 fully saturated rings. The van der Waals surface area contributed by atoms with Crippen LogP contribution in [0.2, 0.25) is 0 Å². The van der Waals surface area contributed by atoms with Crippen LogP contribution in [-0.4, -0.2) is 72.0 Å². The first-order chi connectivity index (χ1) is 12.7. The number of nitrogens with one attached hydrogen (secondary N) is 2.